The minimum absolute atomic E-state index is 0.135. The largest absolute Gasteiger partial charge is 0.497 e. The Morgan fingerprint density at radius 3 is 2.91 bits per heavy atom. The summed E-state index contributed by atoms with van der Waals surface area (Å²) in [6.07, 6.45) is 0. The predicted octanol–water partition coefficient (Wildman–Crippen LogP) is 1.85. The lowest BCUT2D eigenvalue weighted by molar-refractivity contribution is 0.0963. The molecule has 0 atom stereocenters. The van der Waals surface area contributed by atoms with Gasteiger partial charge in [0, 0.05) is 12.6 Å². The van der Waals surface area contributed by atoms with Gasteiger partial charge in [0.15, 0.2) is 0 Å². The fraction of sp³-hybridized carbons (Fsp3) is 0.188. The number of carbonyl (C=O) groups excluding carboxylic acids is 1. The molecular formula is C16H16N4O2. The zero-order chi connectivity index (χ0) is 15.5. The van der Waals surface area contributed by atoms with Crippen molar-refractivity contribution in [2.75, 3.05) is 14.2 Å². The molecule has 0 bridgehead atoms. The molecule has 0 aliphatic carbocycles. The number of fused-ring (bicyclic) bond motifs is 1. The first-order valence-electron chi connectivity index (χ1n) is 6.89. The smallest absolute Gasteiger partial charge is 0.251 e. The van der Waals surface area contributed by atoms with Gasteiger partial charge in [0.25, 0.3) is 5.91 Å². The fourth-order valence-electron chi connectivity index (χ4n) is 2.32. The summed E-state index contributed by atoms with van der Waals surface area (Å²) in [5.74, 6) is 0.674. The van der Waals surface area contributed by atoms with Crippen LogP contribution >= 0.6 is 0 Å². The van der Waals surface area contributed by atoms with Gasteiger partial charge in [0.05, 0.1) is 19.2 Å². The fourth-order valence-corrected chi connectivity index (χ4v) is 2.32. The summed E-state index contributed by atoms with van der Waals surface area (Å²) in [7, 11) is 3.25. The molecule has 0 saturated heterocycles. The number of nitrogens with one attached hydrogen (secondary N) is 1. The van der Waals surface area contributed by atoms with Crippen molar-refractivity contribution in [2.24, 2.45) is 0 Å². The summed E-state index contributed by atoms with van der Waals surface area (Å²) in [5, 5.41) is 10.9. The van der Waals surface area contributed by atoms with E-state index in [0.29, 0.717) is 17.6 Å². The van der Waals surface area contributed by atoms with Gasteiger partial charge in [-0.3, -0.25) is 4.79 Å². The third-order valence-corrected chi connectivity index (χ3v) is 3.47. The first-order chi connectivity index (χ1) is 10.7. The molecule has 22 heavy (non-hydrogen) atoms. The summed E-state index contributed by atoms with van der Waals surface area (Å²) >= 11 is 0. The molecule has 6 heteroatoms. The number of amides is 1. The zero-order valence-corrected chi connectivity index (χ0v) is 12.4. The van der Waals surface area contributed by atoms with Crippen LogP contribution in [0.5, 0.6) is 5.75 Å². The van der Waals surface area contributed by atoms with Gasteiger partial charge in [-0.05, 0) is 35.9 Å². The number of rotatable bonds is 4. The van der Waals surface area contributed by atoms with E-state index < -0.39 is 0 Å². The van der Waals surface area contributed by atoms with Crippen molar-refractivity contribution in [3.8, 4) is 5.75 Å². The van der Waals surface area contributed by atoms with Crippen LogP contribution in [0.1, 0.15) is 15.9 Å². The molecule has 0 fully saturated rings. The number of carbonyl (C=O) groups is 1. The van der Waals surface area contributed by atoms with Gasteiger partial charge in [-0.1, -0.05) is 17.3 Å². The minimum atomic E-state index is -0.135. The van der Waals surface area contributed by atoms with E-state index in [9.17, 15) is 4.79 Å². The third-order valence-electron chi connectivity index (χ3n) is 3.47. The monoisotopic (exact) mass is 296 g/mol. The molecule has 112 valence electrons. The SMILES string of the molecule is CNC(=O)c1ccc2c(c1)nnn2Cc1cccc(OC)c1. The van der Waals surface area contributed by atoms with E-state index in [2.05, 4.69) is 15.6 Å². The quantitative estimate of drug-likeness (QED) is 0.797. The van der Waals surface area contributed by atoms with Crippen LogP contribution in [0.25, 0.3) is 11.0 Å². The number of nitrogens with zero attached hydrogens (tertiary/aromatic N) is 3. The van der Waals surface area contributed by atoms with Gasteiger partial charge in [0.1, 0.15) is 11.3 Å². The second-order valence-corrected chi connectivity index (χ2v) is 4.88. The van der Waals surface area contributed by atoms with Crippen molar-refractivity contribution in [1.29, 1.82) is 0 Å². The van der Waals surface area contributed by atoms with E-state index in [0.717, 1.165) is 16.8 Å². The van der Waals surface area contributed by atoms with Gasteiger partial charge in [-0.15, -0.1) is 5.10 Å². The summed E-state index contributed by atoms with van der Waals surface area (Å²) in [6.45, 7) is 0.590. The second kappa shape index (κ2) is 5.85. The molecule has 0 aliphatic heterocycles. The Bertz CT molecular complexity index is 826. The average Bonchev–Trinajstić information content (AvgIpc) is 2.96. The van der Waals surface area contributed by atoms with Gasteiger partial charge >= 0.3 is 0 Å². The number of ether oxygens (including phenoxy) is 1. The minimum Gasteiger partial charge on any atom is -0.497 e. The van der Waals surface area contributed by atoms with Crippen molar-refractivity contribution in [3.05, 3.63) is 53.6 Å². The van der Waals surface area contributed by atoms with Gasteiger partial charge in [-0.2, -0.15) is 0 Å². The lowest BCUT2D eigenvalue weighted by Gasteiger charge is -2.05. The maximum atomic E-state index is 11.6. The molecule has 3 rings (SSSR count). The Labute approximate surface area is 127 Å². The Balaban J connectivity index is 1.93. The van der Waals surface area contributed by atoms with E-state index in [4.69, 9.17) is 4.74 Å². The summed E-state index contributed by atoms with van der Waals surface area (Å²) in [5.41, 5.74) is 3.23. The molecular weight excluding hydrogens is 280 g/mol. The van der Waals surface area contributed by atoms with Gasteiger partial charge in [-0.25, -0.2) is 4.68 Å². The van der Waals surface area contributed by atoms with Crippen LogP contribution in [0, 0.1) is 0 Å². The van der Waals surface area contributed by atoms with Crippen molar-refractivity contribution < 1.29 is 9.53 Å². The molecule has 0 spiro atoms. The van der Waals surface area contributed by atoms with E-state index >= 15 is 0 Å². The van der Waals surface area contributed by atoms with E-state index in [1.165, 1.54) is 0 Å². The maximum Gasteiger partial charge on any atom is 0.251 e. The van der Waals surface area contributed by atoms with Crippen LogP contribution in [-0.2, 0) is 6.54 Å². The normalized spacial score (nSPS) is 10.6. The van der Waals surface area contributed by atoms with Crippen LogP contribution in [0.2, 0.25) is 0 Å². The molecule has 1 amide bonds. The summed E-state index contributed by atoms with van der Waals surface area (Å²) < 4.78 is 7.03. The van der Waals surface area contributed by atoms with Crippen molar-refractivity contribution >= 4 is 16.9 Å². The van der Waals surface area contributed by atoms with E-state index in [-0.39, 0.29) is 5.91 Å². The predicted molar refractivity (Wildman–Crippen MR) is 83.0 cm³/mol. The standard InChI is InChI=1S/C16H16N4O2/c1-17-16(21)12-6-7-15-14(9-12)18-19-20(15)10-11-4-3-5-13(8-11)22-2/h3-9H,10H2,1-2H3,(H,17,21). The first kappa shape index (κ1) is 14.1. The topological polar surface area (TPSA) is 69.0 Å². The van der Waals surface area contributed by atoms with Gasteiger partial charge < -0.3 is 10.1 Å². The molecule has 1 aromatic heterocycles. The van der Waals surface area contributed by atoms with Crippen LogP contribution in [-0.4, -0.2) is 35.1 Å². The average molecular weight is 296 g/mol. The summed E-state index contributed by atoms with van der Waals surface area (Å²) in [4.78, 5) is 11.6. The van der Waals surface area contributed by atoms with Crippen molar-refractivity contribution in [2.45, 2.75) is 6.54 Å². The lowest BCUT2D eigenvalue weighted by Crippen LogP contribution is -2.17. The van der Waals surface area contributed by atoms with Crippen LogP contribution in [0.4, 0.5) is 0 Å². The molecule has 0 saturated carbocycles. The Hall–Kier alpha value is -2.89. The third kappa shape index (κ3) is 2.63. The molecule has 0 aliphatic rings. The van der Waals surface area contributed by atoms with Crippen LogP contribution in [0.3, 0.4) is 0 Å². The molecule has 6 nitrogen and oxygen atoms in total. The molecule has 2 aromatic carbocycles. The Morgan fingerprint density at radius 1 is 1.27 bits per heavy atom. The molecule has 0 radical (unpaired) electrons. The molecule has 1 N–H and O–H groups in total. The van der Waals surface area contributed by atoms with Crippen LogP contribution in [0.15, 0.2) is 42.5 Å². The van der Waals surface area contributed by atoms with Gasteiger partial charge in [0.2, 0.25) is 0 Å². The highest BCUT2D eigenvalue weighted by atomic mass is 16.5. The first-order valence-corrected chi connectivity index (χ1v) is 6.89. The molecule has 3 aromatic rings. The highest BCUT2D eigenvalue weighted by molar-refractivity contribution is 5.97. The summed E-state index contributed by atoms with van der Waals surface area (Å²) in [6, 6.07) is 13.2. The number of hydrogen-bond acceptors (Lipinski definition) is 4. The second-order valence-electron chi connectivity index (χ2n) is 4.88. The molecule has 1 heterocycles. The zero-order valence-electron chi connectivity index (χ0n) is 12.4. The van der Waals surface area contributed by atoms with E-state index in [1.807, 2.05) is 30.3 Å². The highest BCUT2D eigenvalue weighted by Crippen LogP contribution is 2.17. The number of benzene rings is 2. The lowest BCUT2D eigenvalue weighted by atomic mass is 10.1. The van der Waals surface area contributed by atoms with Crippen molar-refractivity contribution in [3.63, 3.8) is 0 Å². The van der Waals surface area contributed by atoms with E-state index in [1.54, 1.807) is 31.0 Å². The molecule has 0 unspecified atom stereocenters. The van der Waals surface area contributed by atoms with Crippen LogP contribution < -0.4 is 10.1 Å². The number of hydrogen-bond donors (Lipinski definition) is 1. The number of methoxy groups -OCH3 is 1. The van der Waals surface area contributed by atoms with Crippen molar-refractivity contribution in [1.82, 2.24) is 20.3 Å². The Morgan fingerprint density at radius 2 is 2.14 bits per heavy atom. The maximum absolute atomic E-state index is 11.6. The number of aromatic nitrogens is 3. The Kier molecular flexibility index (Phi) is 3.74. The highest BCUT2D eigenvalue weighted by Gasteiger charge is 2.09.